The van der Waals surface area contributed by atoms with Crippen LogP contribution in [0.1, 0.15) is 75.6 Å². The third-order valence-electron chi connectivity index (χ3n) is 6.30. The Labute approximate surface area is 184 Å². The van der Waals surface area contributed by atoms with Crippen LogP contribution in [-0.4, -0.2) is 0 Å². The molecule has 0 N–H and O–H groups in total. The van der Waals surface area contributed by atoms with Crippen molar-refractivity contribution < 1.29 is 0 Å². The first-order chi connectivity index (χ1) is 14.6. The summed E-state index contributed by atoms with van der Waals surface area (Å²) in [5.41, 5.74) is 5.41. The highest BCUT2D eigenvalue weighted by molar-refractivity contribution is 5.52. The summed E-state index contributed by atoms with van der Waals surface area (Å²) < 4.78 is 0. The zero-order chi connectivity index (χ0) is 21.3. The van der Waals surface area contributed by atoms with Crippen LogP contribution in [0.5, 0.6) is 0 Å². The first-order valence-corrected chi connectivity index (χ1v) is 11.6. The summed E-state index contributed by atoms with van der Waals surface area (Å²) in [6, 6.07) is 31.1. The van der Waals surface area contributed by atoms with Crippen LogP contribution >= 0.6 is 0 Å². The van der Waals surface area contributed by atoms with Crippen molar-refractivity contribution in [2.24, 2.45) is 11.8 Å². The standard InChI is InChI=1S/C30H36/c1-5-23(3)20-29(25-14-9-7-10-15-25)27-18-13-19-28(22-27)30(21-24(4)6-2)26-16-11-8-12-17-26/h7-19,22-24H,5-6,20-21H2,1-4H3. The lowest BCUT2D eigenvalue weighted by Crippen LogP contribution is -2.11. The van der Waals surface area contributed by atoms with Gasteiger partial charge in [0.15, 0.2) is 0 Å². The fourth-order valence-electron chi connectivity index (χ4n) is 3.96. The summed E-state index contributed by atoms with van der Waals surface area (Å²) in [7, 11) is 0. The second kappa shape index (κ2) is 11.2. The smallest absolute Gasteiger partial charge is 0.0342 e. The minimum absolute atomic E-state index is 0.668. The molecule has 0 saturated carbocycles. The van der Waals surface area contributed by atoms with Crippen molar-refractivity contribution in [1.82, 2.24) is 0 Å². The Kier molecular flexibility index (Phi) is 8.31. The largest absolute Gasteiger partial charge is 0.0651 e. The molecule has 3 aromatic rings. The van der Waals surface area contributed by atoms with Gasteiger partial charge in [0, 0.05) is 11.8 Å². The van der Waals surface area contributed by atoms with Gasteiger partial charge in [0.2, 0.25) is 0 Å². The number of hydrogen-bond acceptors (Lipinski definition) is 0. The number of hydrogen-bond donors (Lipinski definition) is 0. The number of benzene rings is 3. The van der Waals surface area contributed by atoms with Crippen LogP contribution in [0.2, 0.25) is 0 Å². The Hall–Kier alpha value is -2.34. The van der Waals surface area contributed by atoms with Crippen molar-refractivity contribution >= 4 is 0 Å². The summed E-state index contributed by atoms with van der Waals surface area (Å²) in [5, 5.41) is 0. The fraction of sp³-hybridized carbons (Fsp3) is 0.333. The minimum Gasteiger partial charge on any atom is -0.0651 e. The Bertz CT molecular complexity index is 794. The molecule has 3 aromatic carbocycles. The molecule has 0 heterocycles. The fourth-order valence-corrected chi connectivity index (χ4v) is 3.96. The average molecular weight is 397 g/mol. The molecule has 0 heteroatoms. The molecular formula is C30H36. The molecule has 0 aliphatic carbocycles. The summed E-state index contributed by atoms with van der Waals surface area (Å²) in [6.07, 6.45) is 4.61. The van der Waals surface area contributed by atoms with E-state index in [0.29, 0.717) is 11.8 Å². The second-order valence-corrected chi connectivity index (χ2v) is 8.71. The molecule has 0 aliphatic heterocycles. The summed E-state index contributed by atoms with van der Waals surface area (Å²) in [6.45, 7) is 9.29. The lowest BCUT2D eigenvalue weighted by molar-refractivity contribution is 0.538. The predicted molar refractivity (Wildman–Crippen MR) is 130 cm³/mol. The SMILES string of the molecule is CCC(C)C[C](c1ccccc1)c1cccc([C](CC(C)CC)c2ccccc2)c1. The maximum absolute atomic E-state index is 2.43. The van der Waals surface area contributed by atoms with Crippen molar-refractivity contribution in [3.8, 4) is 0 Å². The van der Waals surface area contributed by atoms with Crippen LogP contribution in [0.3, 0.4) is 0 Å². The van der Waals surface area contributed by atoms with Gasteiger partial charge in [0.1, 0.15) is 0 Å². The van der Waals surface area contributed by atoms with E-state index in [4.69, 9.17) is 0 Å². The van der Waals surface area contributed by atoms with Crippen LogP contribution in [0.4, 0.5) is 0 Å². The van der Waals surface area contributed by atoms with E-state index < -0.39 is 0 Å². The van der Waals surface area contributed by atoms with Gasteiger partial charge in [-0.25, -0.2) is 0 Å². The second-order valence-electron chi connectivity index (χ2n) is 8.71. The van der Waals surface area contributed by atoms with E-state index in [-0.39, 0.29) is 0 Å². The molecule has 2 unspecified atom stereocenters. The van der Waals surface area contributed by atoms with E-state index in [1.165, 1.54) is 46.9 Å². The predicted octanol–water partition coefficient (Wildman–Crippen LogP) is 8.50. The van der Waals surface area contributed by atoms with Gasteiger partial charge in [-0.1, -0.05) is 125 Å². The summed E-state index contributed by atoms with van der Waals surface area (Å²) in [5.74, 6) is 4.26. The van der Waals surface area contributed by atoms with Crippen LogP contribution in [-0.2, 0) is 0 Å². The van der Waals surface area contributed by atoms with E-state index in [9.17, 15) is 0 Å². The highest BCUT2D eigenvalue weighted by atomic mass is 14.3. The molecule has 3 rings (SSSR count). The zero-order valence-electron chi connectivity index (χ0n) is 19.1. The first kappa shape index (κ1) is 22.3. The van der Waals surface area contributed by atoms with Gasteiger partial charge >= 0.3 is 0 Å². The van der Waals surface area contributed by atoms with E-state index in [1.807, 2.05) is 0 Å². The van der Waals surface area contributed by atoms with Gasteiger partial charge < -0.3 is 0 Å². The third kappa shape index (κ3) is 5.85. The molecule has 0 bridgehead atoms. The monoisotopic (exact) mass is 396 g/mol. The van der Waals surface area contributed by atoms with Gasteiger partial charge in [0.25, 0.3) is 0 Å². The quantitative estimate of drug-likeness (QED) is 0.322. The molecule has 0 saturated heterocycles. The van der Waals surface area contributed by atoms with Crippen molar-refractivity contribution in [3.63, 3.8) is 0 Å². The van der Waals surface area contributed by atoms with Gasteiger partial charge in [-0.2, -0.15) is 0 Å². The molecule has 2 atom stereocenters. The van der Waals surface area contributed by atoms with Gasteiger partial charge in [-0.3, -0.25) is 0 Å². The molecule has 0 nitrogen and oxygen atoms in total. The third-order valence-corrected chi connectivity index (χ3v) is 6.30. The van der Waals surface area contributed by atoms with E-state index in [0.717, 1.165) is 12.8 Å². The Balaban J connectivity index is 2.00. The topological polar surface area (TPSA) is 0 Å². The normalized spacial score (nSPS) is 13.5. The summed E-state index contributed by atoms with van der Waals surface area (Å²) >= 11 is 0. The van der Waals surface area contributed by atoms with Crippen molar-refractivity contribution in [2.45, 2.75) is 53.4 Å². The molecule has 30 heavy (non-hydrogen) atoms. The van der Waals surface area contributed by atoms with Crippen LogP contribution in [0.15, 0.2) is 84.9 Å². The molecule has 0 fully saturated rings. The van der Waals surface area contributed by atoms with Crippen LogP contribution < -0.4 is 0 Å². The molecule has 156 valence electrons. The molecule has 0 spiro atoms. The lowest BCUT2D eigenvalue weighted by Gasteiger charge is -2.24. The van der Waals surface area contributed by atoms with Crippen molar-refractivity contribution in [3.05, 3.63) is 119 Å². The maximum atomic E-state index is 2.43. The van der Waals surface area contributed by atoms with Crippen molar-refractivity contribution in [1.29, 1.82) is 0 Å². The van der Waals surface area contributed by atoms with Gasteiger partial charge in [-0.15, -0.1) is 0 Å². The summed E-state index contributed by atoms with van der Waals surface area (Å²) in [4.78, 5) is 0. The highest BCUT2D eigenvalue weighted by Crippen LogP contribution is 2.36. The van der Waals surface area contributed by atoms with Gasteiger partial charge in [-0.05, 0) is 46.9 Å². The zero-order valence-corrected chi connectivity index (χ0v) is 19.1. The molecule has 0 amide bonds. The average Bonchev–Trinajstić information content (AvgIpc) is 2.81. The first-order valence-electron chi connectivity index (χ1n) is 11.6. The van der Waals surface area contributed by atoms with E-state index >= 15 is 0 Å². The van der Waals surface area contributed by atoms with E-state index in [1.54, 1.807) is 0 Å². The van der Waals surface area contributed by atoms with Crippen LogP contribution in [0.25, 0.3) is 0 Å². The van der Waals surface area contributed by atoms with Crippen LogP contribution in [0, 0.1) is 23.7 Å². The molecule has 0 aliphatic rings. The Morgan fingerprint density at radius 1 is 0.533 bits per heavy atom. The minimum atomic E-state index is 0.668. The molecular weight excluding hydrogens is 360 g/mol. The van der Waals surface area contributed by atoms with Crippen molar-refractivity contribution in [2.75, 3.05) is 0 Å². The Morgan fingerprint density at radius 3 is 1.27 bits per heavy atom. The number of rotatable bonds is 10. The van der Waals surface area contributed by atoms with Gasteiger partial charge in [0.05, 0.1) is 0 Å². The Morgan fingerprint density at radius 2 is 0.900 bits per heavy atom. The highest BCUT2D eigenvalue weighted by Gasteiger charge is 2.22. The molecule has 2 radical (unpaired) electrons. The van der Waals surface area contributed by atoms with E-state index in [2.05, 4.69) is 113 Å². The lowest BCUT2D eigenvalue weighted by atomic mass is 9.79. The molecule has 0 aromatic heterocycles. The maximum Gasteiger partial charge on any atom is 0.0342 e.